The summed E-state index contributed by atoms with van der Waals surface area (Å²) in [5.41, 5.74) is 2.82. The number of ether oxygens (including phenoxy) is 1. The molecular weight excluding hydrogens is 278 g/mol. The summed E-state index contributed by atoms with van der Waals surface area (Å²) in [6.07, 6.45) is 1.42. The average molecular weight is 301 g/mol. The summed E-state index contributed by atoms with van der Waals surface area (Å²) in [6.45, 7) is 5.13. The summed E-state index contributed by atoms with van der Waals surface area (Å²) in [4.78, 5) is 3.79. The summed E-state index contributed by atoms with van der Waals surface area (Å²) in [5.74, 6) is 0.389. The highest BCUT2D eigenvalue weighted by molar-refractivity contribution is 7.10. The van der Waals surface area contributed by atoms with Crippen molar-refractivity contribution in [3.8, 4) is 0 Å². The Balaban J connectivity index is 1.81. The molecule has 1 aliphatic rings. The third-order valence-corrected chi connectivity index (χ3v) is 5.17. The van der Waals surface area contributed by atoms with E-state index in [4.69, 9.17) is 4.74 Å². The highest BCUT2D eigenvalue weighted by atomic mass is 32.1. The van der Waals surface area contributed by atoms with Gasteiger partial charge >= 0.3 is 0 Å². The van der Waals surface area contributed by atoms with Crippen LogP contribution in [0.5, 0.6) is 0 Å². The van der Waals surface area contributed by atoms with Crippen molar-refractivity contribution in [1.29, 1.82) is 0 Å². The van der Waals surface area contributed by atoms with Crippen LogP contribution in [0.1, 0.15) is 41.4 Å². The monoisotopic (exact) mass is 301 g/mol. The van der Waals surface area contributed by atoms with Crippen LogP contribution in [0.2, 0.25) is 0 Å². The van der Waals surface area contributed by atoms with Gasteiger partial charge in [-0.05, 0) is 42.6 Å². The first-order chi connectivity index (χ1) is 10.3. The molecule has 2 nitrogen and oxygen atoms in total. The van der Waals surface area contributed by atoms with Crippen molar-refractivity contribution in [3.05, 3.63) is 57.8 Å². The molecule has 0 saturated heterocycles. The maximum absolute atomic E-state index is 6.22. The lowest BCUT2D eigenvalue weighted by atomic mass is 9.89. The van der Waals surface area contributed by atoms with E-state index in [0.29, 0.717) is 5.92 Å². The summed E-state index contributed by atoms with van der Waals surface area (Å²) >= 11 is 1.84. The Labute approximate surface area is 131 Å². The highest BCUT2D eigenvalue weighted by Crippen LogP contribution is 2.40. The fourth-order valence-corrected chi connectivity index (χ4v) is 4.11. The van der Waals surface area contributed by atoms with E-state index in [1.54, 1.807) is 0 Å². The highest BCUT2D eigenvalue weighted by Gasteiger charge is 2.30. The molecule has 3 rings (SSSR count). The first-order valence-electron chi connectivity index (χ1n) is 7.72. The molecule has 2 heterocycles. The van der Waals surface area contributed by atoms with E-state index in [1.165, 1.54) is 22.4 Å². The standard InChI is InChI=1S/C18H23NOS/c1-3-10-19(2)12-17-18-15(9-11-21-18)16(13-20-17)14-7-5-4-6-8-14/h4-9,11,16-17H,3,10,12-13H2,1-2H3/t16-,17+/m1/s1. The van der Waals surface area contributed by atoms with Crippen LogP contribution in [0.4, 0.5) is 0 Å². The van der Waals surface area contributed by atoms with Gasteiger partial charge in [0.25, 0.3) is 0 Å². The van der Waals surface area contributed by atoms with E-state index in [2.05, 4.69) is 60.6 Å². The van der Waals surface area contributed by atoms with Crippen molar-refractivity contribution in [2.45, 2.75) is 25.4 Å². The van der Waals surface area contributed by atoms with E-state index in [9.17, 15) is 0 Å². The first kappa shape index (κ1) is 14.8. The summed E-state index contributed by atoms with van der Waals surface area (Å²) < 4.78 is 6.22. The van der Waals surface area contributed by atoms with Crippen LogP contribution in [-0.4, -0.2) is 31.6 Å². The zero-order valence-corrected chi connectivity index (χ0v) is 13.6. The molecule has 0 aliphatic carbocycles. The van der Waals surface area contributed by atoms with Gasteiger partial charge in [0.1, 0.15) is 6.10 Å². The van der Waals surface area contributed by atoms with Gasteiger partial charge in [-0.25, -0.2) is 0 Å². The SMILES string of the molecule is CCCN(C)C[C@@H]1OC[C@H](c2ccccc2)c2ccsc21. The molecule has 0 radical (unpaired) electrons. The van der Waals surface area contributed by atoms with Gasteiger partial charge in [-0.15, -0.1) is 11.3 Å². The summed E-state index contributed by atoms with van der Waals surface area (Å²) in [6, 6.07) is 13.0. The zero-order valence-electron chi connectivity index (χ0n) is 12.8. The maximum Gasteiger partial charge on any atom is 0.105 e. The quantitative estimate of drug-likeness (QED) is 0.816. The van der Waals surface area contributed by atoms with Gasteiger partial charge in [0.15, 0.2) is 0 Å². The molecular formula is C18H23NOS. The fourth-order valence-electron chi connectivity index (χ4n) is 3.11. The molecule has 0 saturated carbocycles. The number of hydrogen-bond acceptors (Lipinski definition) is 3. The second-order valence-corrected chi connectivity index (χ2v) is 6.74. The Morgan fingerprint density at radius 1 is 1.24 bits per heavy atom. The minimum atomic E-state index is 0.233. The van der Waals surface area contributed by atoms with E-state index >= 15 is 0 Å². The molecule has 1 aliphatic heterocycles. The Bertz CT molecular complexity index is 566. The largest absolute Gasteiger partial charge is 0.370 e. The summed E-state index contributed by atoms with van der Waals surface area (Å²) in [7, 11) is 2.18. The number of rotatable bonds is 5. The molecule has 0 bridgehead atoms. The van der Waals surface area contributed by atoms with Gasteiger partial charge in [0.05, 0.1) is 6.61 Å². The molecule has 0 amide bonds. The molecule has 21 heavy (non-hydrogen) atoms. The average Bonchev–Trinajstić information content (AvgIpc) is 2.98. The predicted octanol–water partition coefficient (Wildman–Crippen LogP) is 4.29. The number of benzene rings is 1. The molecule has 0 unspecified atom stereocenters. The number of likely N-dealkylation sites (N-methyl/N-ethyl adjacent to an activating group) is 1. The van der Waals surface area contributed by atoms with Gasteiger partial charge in [0, 0.05) is 17.3 Å². The second kappa shape index (κ2) is 6.73. The maximum atomic E-state index is 6.22. The van der Waals surface area contributed by atoms with Crippen molar-refractivity contribution in [1.82, 2.24) is 4.90 Å². The molecule has 2 atom stereocenters. The van der Waals surface area contributed by atoms with Crippen LogP contribution < -0.4 is 0 Å². The lowest BCUT2D eigenvalue weighted by Crippen LogP contribution is -2.30. The van der Waals surface area contributed by atoms with Crippen molar-refractivity contribution < 1.29 is 4.74 Å². The molecule has 112 valence electrons. The second-order valence-electron chi connectivity index (χ2n) is 5.79. The zero-order chi connectivity index (χ0) is 14.7. The molecule has 0 spiro atoms. The topological polar surface area (TPSA) is 12.5 Å². The van der Waals surface area contributed by atoms with Crippen molar-refractivity contribution >= 4 is 11.3 Å². The molecule has 1 aromatic heterocycles. The van der Waals surface area contributed by atoms with Gasteiger partial charge in [0.2, 0.25) is 0 Å². The number of hydrogen-bond donors (Lipinski definition) is 0. The number of thiophene rings is 1. The lowest BCUT2D eigenvalue weighted by molar-refractivity contribution is 0.0167. The third-order valence-electron chi connectivity index (χ3n) is 4.14. The van der Waals surface area contributed by atoms with Crippen LogP contribution in [0, 0.1) is 0 Å². The molecule has 0 fully saturated rings. The van der Waals surface area contributed by atoms with E-state index in [0.717, 1.165) is 19.7 Å². The van der Waals surface area contributed by atoms with Crippen LogP contribution in [0.25, 0.3) is 0 Å². The van der Waals surface area contributed by atoms with Gasteiger partial charge in [-0.1, -0.05) is 37.3 Å². The van der Waals surface area contributed by atoms with Crippen LogP contribution in [0.3, 0.4) is 0 Å². The van der Waals surface area contributed by atoms with Gasteiger partial charge in [-0.3, -0.25) is 0 Å². The Hall–Kier alpha value is -1.16. The van der Waals surface area contributed by atoms with Crippen molar-refractivity contribution in [2.24, 2.45) is 0 Å². The minimum Gasteiger partial charge on any atom is -0.370 e. The van der Waals surface area contributed by atoms with Crippen LogP contribution in [0.15, 0.2) is 41.8 Å². The first-order valence-corrected chi connectivity index (χ1v) is 8.60. The summed E-state index contributed by atoms with van der Waals surface area (Å²) in [5, 5.41) is 2.21. The molecule has 1 aromatic carbocycles. The van der Waals surface area contributed by atoms with E-state index in [-0.39, 0.29) is 6.10 Å². The van der Waals surface area contributed by atoms with Crippen LogP contribution >= 0.6 is 11.3 Å². The molecule has 0 N–H and O–H groups in total. The Kier molecular flexibility index (Phi) is 4.73. The minimum absolute atomic E-state index is 0.233. The van der Waals surface area contributed by atoms with E-state index < -0.39 is 0 Å². The molecule has 2 aromatic rings. The molecule has 3 heteroatoms. The van der Waals surface area contributed by atoms with Crippen LogP contribution in [-0.2, 0) is 4.74 Å². The number of nitrogens with zero attached hydrogens (tertiary/aromatic N) is 1. The van der Waals surface area contributed by atoms with Gasteiger partial charge in [-0.2, -0.15) is 0 Å². The Morgan fingerprint density at radius 2 is 2.05 bits per heavy atom. The predicted molar refractivity (Wildman–Crippen MR) is 89.1 cm³/mol. The van der Waals surface area contributed by atoms with Crippen molar-refractivity contribution in [3.63, 3.8) is 0 Å². The Morgan fingerprint density at radius 3 is 2.81 bits per heavy atom. The van der Waals surface area contributed by atoms with Gasteiger partial charge < -0.3 is 9.64 Å². The smallest absolute Gasteiger partial charge is 0.105 e. The third kappa shape index (κ3) is 3.20. The number of fused-ring (bicyclic) bond motifs is 1. The lowest BCUT2D eigenvalue weighted by Gasteiger charge is -2.32. The van der Waals surface area contributed by atoms with E-state index in [1.807, 2.05) is 11.3 Å². The normalized spacial score (nSPS) is 21.5. The van der Waals surface area contributed by atoms with Crippen molar-refractivity contribution in [2.75, 3.05) is 26.7 Å². The fraction of sp³-hybridized carbons (Fsp3) is 0.444.